The van der Waals surface area contributed by atoms with Crippen LogP contribution < -0.4 is 15.4 Å². The number of carboxylic acids is 1. The number of nitrogens with zero attached hydrogens (tertiary/aromatic N) is 1. The van der Waals surface area contributed by atoms with Gasteiger partial charge in [0.25, 0.3) is 0 Å². The molecule has 1 saturated carbocycles. The van der Waals surface area contributed by atoms with Gasteiger partial charge in [-0.3, -0.25) is 0 Å². The first-order chi connectivity index (χ1) is 10.4. The summed E-state index contributed by atoms with van der Waals surface area (Å²) in [7, 11) is 1.17. The number of hydrogen-bond acceptors (Lipinski definition) is 5. The summed E-state index contributed by atoms with van der Waals surface area (Å²) in [5, 5.41) is 19.4. The number of nitrogens with two attached hydrogens (primary N) is 1. The first-order valence-electron chi connectivity index (χ1n) is 6.64. The second-order valence-corrected chi connectivity index (χ2v) is 5.27. The number of nitrogen functional groups attached to an aromatic ring is 1. The lowest BCUT2D eigenvalue weighted by Crippen LogP contribution is -2.31. The normalized spacial score (nSPS) is 20.5. The number of aliphatic carboxylic acids is 1. The lowest BCUT2D eigenvalue weighted by atomic mass is 9.93. The summed E-state index contributed by atoms with van der Waals surface area (Å²) in [6.45, 7) is 0. The average molecular weight is 312 g/mol. The molecule has 1 aliphatic carbocycles. The van der Waals surface area contributed by atoms with Gasteiger partial charge in [0.2, 0.25) is 5.82 Å². The largest absolute Gasteiger partial charge is 0.491 e. The molecule has 0 saturated heterocycles. The number of aliphatic hydroxyl groups is 1. The molecule has 1 fully saturated rings. The highest BCUT2D eigenvalue weighted by Crippen LogP contribution is 2.50. The van der Waals surface area contributed by atoms with Crippen molar-refractivity contribution in [2.24, 2.45) is 0 Å². The predicted octanol–water partition coefficient (Wildman–Crippen LogP) is 1.54. The van der Waals surface area contributed by atoms with Crippen molar-refractivity contribution >= 4 is 17.3 Å². The molecule has 1 heterocycles. The number of hydrogen-bond donors (Lipinski definition) is 3. The maximum Gasteiger partial charge on any atom is 0.336 e. The first kappa shape index (κ1) is 14.6. The molecule has 1 unspecified atom stereocenters. The van der Waals surface area contributed by atoms with Crippen LogP contribution >= 0.6 is 0 Å². The van der Waals surface area contributed by atoms with E-state index in [0.717, 1.165) is 12.8 Å². The predicted molar refractivity (Wildman–Crippen MR) is 73.5 cm³/mol. The van der Waals surface area contributed by atoms with Crippen molar-refractivity contribution in [2.45, 2.75) is 25.0 Å². The lowest BCUT2D eigenvalue weighted by Gasteiger charge is -2.33. The Labute approximate surface area is 124 Å². The first-order valence-corrected chi connectivity index (χ1v) is 6.64. The summed E-state index contributed by atoms with van der Waals surface area (Å²) in [5.41, 5.74) is 4.53. The molecule has 0 aromatic heterocycles. The van der Waals surface area contributed by atoms with Gasteiger partial charge in [-0.1, -0.05) is 0 Å². The van der Waals surface area contributed by atoms with Crippen molar-refractivity contribution in [2.75, 3.05) is 17.7 Å². The van der Waals surface area contributed by atoms with E-state index >= 15 is 0 Å². The van der Waals surface area contributed by atoms with E-state index in [0.29, 0.717) is 0 Å². The fraction of sp³-hybridized carbons (Fsp3) is 0.357. The Kier molecular flexibility index (Phi) is 3.21. The Hall–Kier alpha value is -2.35. The summed E-state index contributed by atoms with van der Waals surface area (Å²) in [6.07, 6.45) is 1.10. The minimum atomic E-state index is -1.66. The fourth-order valence-corrected chi connectivity index (χ4v) is 2.66. The lowest BCUT2D eigenvalue weighted by molar-refractivity contribution is -0.133. The van der Waals surface area contributed by atoms with Crippen LogP contribution in [0.15, 0.2) is 11.8 Å². The molecule has 1 aromatic carbocycles. The molecule has 0 bridgehead atoms. The van der Waals surface area contributed by atoms with Gasteiger partial charge in [-0.2, -0.15) is 4.39 Å². The van der Waals surface area contributed by atoms with Gasteiger partial charge in [-0.05, 0) is 12.8 Å². The number of carboxylic acid groups (broad SMARTS) is 1. The van der Waals surface area contributed by atoms with Crippen molar-refractivity contribution in [3.63, 3.8) is 0 Å². The SMILES string of the molecule is COc1c(F)c(F)c(N)c2c1N(C1CC1)C=C(C(=O)O)C2O. The number of fused-ring (bicyclic) bond motifs is 1. The quantitative estimate of drug-likeness (QED) is 0.733. The molecule has 2 aliphatic rings. The van der Waals surface area contributed by atoms with Crippen LogP contribution in [0.4, 0.5) is 20.2 Å². The highest BCUT2D eigenvalue weighted by molar-refractivity contribution is 5.93. The summed E-state index contributed by atoms with van der Waals surface area (Å²) >= 11 is 0. The maximum absolute atomic E-state index is 14.1. The molecule has 1 aromatic rings. The minimum Gasteiger partial charge on any atom is -0.491 e. The molecule has 0 amide bonds. The fourth-order valence-electron chi connectivity index (χ4n) is 2.66. The Balaban J connectivity index is 2.32. The van der Waals surface area contributed by atoms with Gasteiger partial charge in [0.1, 0.15) is 6.10 Å². The third kappa shape index (κ3) is 1.91. The number of carbonyl (C=O) groups is 1. The van der Waals surface area contributed by atoms with Crippen LogP contribution in [0.1, 0.15) is 24.5 Å². The monoisotopic (exact) mass is 312 g/mol. The van der Waals surface area contributed by atoms with Crippen molar-refractivity contribution in [3.8, 4) is 5.75 Å². The smallest absolute Gasteiger partial charge is 0.336 e. The van der Waals surface area contributed by atoms with Crippen LogP contribution in [-0.4, -0.2) is 29.3 Å². The van der Waals surface area contributed by atoms with Gasteiger partial charge in [-0.25, -0.2) is 9.18 Å². The van der Waals surface area contributed by atoms with Crippen molar-refractivity contribution in [1.29, 1.82) is 0 Å². The highest BCUT2D eigenvalue weighted by Gasteiger charge is 2.42. The third-order valence-electron chi connectivity index (χ3n) is 3.88. The van der Waals surface area contributed by atoms with E-state index in [1.54, 1.807) is 0 Å². The Morgan fingerprint density at radius 3 is 2.55 bits per heavy atom. The number of halogens is 2. The van der Waals surface area contributed by atoms with Gasteiger partial charge < -0.3 is 25.6 Å². The maximum atomic E-state index is 14.1. The topological polar surface area (TPSA) is 96.0 Å². The molecule has 0 radical (unpaired) electrons. The molecule has 4 N–H and O–H groups in total. The standard InChI is InChI=1S/C14H14F2N2O4/c1-22-13-9(16)8(15)10(17)7-11(13)18(5-2-3-5)4-6(12(7)19)14(20)21/h4-5,12,19H,2-3,17H2,1H3,(H,20,21). The molecule has 118 valence electrons. The molecule has 8 heteroatoms. The second-order valence-electron chi connectivity index (χ2n) is 5.27. The zero-order valence-corrected chi connectivity index (χ0v) is 11.6. The number of methoxy groups -OCH3 is 1. The van der Waals surface area contributed by atoms with Crippen molar-refractivity contribution in [3.05, 3.63) is 29.0 Å². The third-order valence-corrected chi connectivity index (χ3v) is 3.88. The van der Waals surface area contributed by atoms with Crippen LogP contribution in [0.5, 0.6) is 5.75 Å². The summed E-state index contributed by atoms with van der Waals surface area (Å²) < 4.78 is 32.9. The zero-order chi connectivity index (χ0) is 16.2. The molecule has 3 rings (SSSR count). The Morgan fingerprint density at radius 2 is 2.05 bits per heavy atom. The minimum absolute atomic E-state index is 0.0567. The molecule has 1 aliphatic heterocycles. The van der Waals surface area contributed by atoms with Gasteiger partial charge in [0, 0.05) is 17.8 Å². The van der Waals surface area contributed by atoms with Crippen LogP contribution in [0.25, 0.3) is 0 Å². The van der Waals surface area contributed by atoms with E-state index in [-0.39, 0.29) is 22.9 Å². The number of anilines is 2. The van der Waals surface area contributed by atoms with E-state index in [2.05, 4.69) is 0 Å². The highest BCUT2D eigenvalue weighted by atomic mass is 19.2. The van der Waals surface area contributed by atoms with Crippen LogP contribution in [0.2, 0.25) is 0 Å². The Morgan fingerprint density at radius 1 is 1.41 bits per heavy atom. The molecule has 22 heavy (non-hydrogen) atoms. The average Bonchev–Trinajstić information content (AvgIpc) is 3.29. The number of benzene rings is 1. The summed E-state index contributed by atoms with van der Waals surface area (Å²) in [6, 6.07) is -0.0567. The van der Waals surface area contributed by atoms with E-state index < -0.39 is 35.1 Å². The van der Waals surface area contributed by atoms with Crippen molar-refractivity contribution < 1.29 is 28.5 Å². The Bertz CT molecular complexity index is 701. The van der Waals surface area contributed by atoms with Crippen LogP contribution in [0, 0.1) is 11.6 Å². The van der Waals surface area contributed by atoms with Gasteiger partial charge in [0.15, 0.2) is 11.6 Å². The molecule has 1 atom stereocenters. The van der Waals surface area contributed by atoms with E-state index in [1.165, 1.54) is 18.2 Å². The van der Waals surface area contributed by atoms with E-state index in [4.69, 9.17) is 10.5 Å². The van der Waals surface area contributed by atoms with Crippen LogP contribution in [-0.2, 0) is 4.79 Å². The summed E-state index contributed by atoms with van der Waals surface area (Å²) in [5.74, 6) is -4.37. The van der Waals surface area contributed by atoms with Gasteiger partial charge in [0.05, 0.1) is 24.1 Å². The number of aliphatic hydroxyl groups excluding tert-OH is 1. The molecule has 0 spiro atoms. The van der Waals surface area contributed by atoms with Gasteiger partial charge in [-0.15, -0.1) is 0 Å². The van der Waals surface area contributed by atoms with Crippen LogP contribution in [0.3, 0.4) is 0 Å². The number of rotatable bonds is 3. The van der Waals surface area contributed by atoms with E-state index in [9.17, 15) is 23.8 Å². The molecule has 6 nitrogen and oxygen atoms in total. The van der Waals surface area contributed by atoms with Gasteiger partial charge >= 0.3 is 5.97 Å². The zero-order valence-electron chi connectivity index (χ0n) is 11.6. The molecular formula is C14H14F2N2O4. The van der Waals surface area contributed by atoms with Crippen molar-refractivity contribution in [1.82, 2.24) is 0 Å². The second kappa shape index (κ2) is 4.84. The molecular weight excluding hydrogens is 298 g/mol. The number of ether oxygens (including phenoxy) is 1. The summed E-state index contributed by atoms with van der Waals surface area (Å²) in [4.78, 5) is 12.8. The van der Waals surface area contributed by atoms with E-state index in [1.807, 2.05) is 0 Å².